The number of anilines is 1. The number of rotatable bonds is 5. The van der Waals surface area contributed by atoms with Gasteiger partial charge in [-0.05, 0) is 13.1 Å². The van der Waals surface area contributed by atoms with E-state index >= 15 is 0 Å². The van der Waals surface area contributed by atoms with Crippen LogP contribution >= 0.6 is 23.7 Å². The number of thiazole rings is 1. The Bertz CT molecular complexity index is 626. The zero-order valence-corrected chi connectivity index (χ0v) is 13.1. The predicted molar refractivity (Wildman–Crippen MR) is 83.0 cm³/mol. The Kier molecular flexibility index (Phi) is 6.35. The fourth-order valence-corrected chi connectivity index (χ4v) is 2.29. The maximum atomic E-state index is 11.4. The summed E-state index contributed by atoms with van der Waals surface area (Å²) < 4.78 is 4.62. The molecule has 7 nitrogen and oxygen atoms in total. The topological polar surface area (TPSA) is 96.1 Å². The number of hydrogen-bond acceptors (Lipinski definition) is 6. The van der Waals surface area contributed by atoms with Gasteiger partial charge >= 0.3 is 5.97 Å². The van der Waals surface area contributed by atoms with Crippen LogP contribution in [0.25, 0.3) is 11.3 Å². The van der Waals surface area contributed by atoms with E-state index in [0.717, 1.165) is 5.56 Å². The van der Waals surface area contributed by atoms with Crippen molar-refractivity contribution in [2.45, 2.75) is 0 Å². The number of methoxy groups -OCH3 is 1. The SMILES string of the molecule is CNCC(=O)Nc1nc(-c2c[nH]c(C(=O)OC)c2)cs1.Cl. The Morgan fingerprint density at radius 1 is 1.48 bits per heavy atom. The molecular weight excluding hydrogens is 316 g/mol. The summed E-state index contributed by atoms with van der Waals surface area (Å²) in [6, 6.07) is 1.65. The summed E-state index contributed by atoms with van der Waals surface area (Å²) in [4.78, 5) is 29.9. The lowest BCUT2D eigenvalue weighted by atomic mass is 10.2. The maximum absolute atomic E-state index is 11.4. The van der Waals surface area contributed by atoms with E-state index in [2.05, 4.69) is 25.3 Å². The van der Waals surface area contributed by atoms with Crippen LogP contribution in [0.1, 0.15) is 10.5 Å². The van der Waals surface area contributed by atoms with Gasteiger partial charge in [0.25, 0.3) is 0 Å². The van der Waals surface area contributed by atoms with Crippen molar-refractivity contribution in [2.24, 2.45) is 0 Å². The number of aromatic amines is 1. The Morgan fingerprint density at radius 2 is 2.24 bits per heavy atom. The van der Waals surface area contributed by atoms with E-state index in [9.17, 15) is 9.59 Å². The molecule has 114 valence electrons. The Labute approximate surface area is 131 Å². The normalized spacial score (nSPS) is 9.81. The molecule has 0 saturated heterocycles. The molecule has 0 fully saturated rings. The van der Waals surface area contributed by atoms with Crippen molar-refractivity contribution in [3.8, 4) is 11.3 Å². The zero-order valence-electron chi connectivity index (χ0n) is 11.4. The quantitative estimate of drug-likeness (QED) is 0.722. The first-order chi connectivity index (χ1) is 9.63. The molecule has 2 aromatic heterocycles. The van der Waals surface area contributed by atoms with Gasteiger partial charge in [0.2, 0.25) is 5.91 Å². The first-order valence-corrected chi connectivity index (χ1v) is 6.69. The first kappa shape index (κ1) is 17.2. The molecule has 0 aliphatic carbocycles. The van der Waals surface area contributed by atoms with Crippen LogP contribution in [0.4, 0.5) is 5.13 Å². The van der Waals surface area contributed by atoms with Gasteiger partial charge in [0.1, 0.15) is 5.69 Å². The minimum absolute atomic E-state index is 0. The van der Waals surface area contributed by atoms with Gasteiger partial charge < -0.3 is 20.4 Å². The van der Waals surface area contributed by atoms with E-state index in [4.69, 9.17) is 0 Å². The Hall–Kier alpha value is -1.90. The number of nitrogens with one attached hydrogen (secondary N) is 3. The van der Waals surface area contributed by atoms with Gasteiger partial charge in [-0.2, -0.15) is 0 Å². The molecule has 0 aromatic carbocycles. The molecule has 0 unspecified atom stereocenters. The van der Waals surface area contributed by atoms with Gasteiger partial charge in [0.05, 0.1) is 19.3 Å². The number of likely N-dealkylation sites (N-methyl/N-ethyl adjacent to an activating group) is 1. The highest BCUT2D eigenvalue weighted by molar-refractivity contribution is 7.14. The van der Waals surface area contributed by atoms with E-state index in [1.807, 2.05) is 0 Å². The standard InChI is InChI=1S/C12H14N4O3S.ClH/c1-13-5-10(17)16-12-15-9(6-20-12)7-3-8(14-4-7)11(18)19-2;/h3-4,6,13-14H,5H2,1-2H3,(H,15,16,17);1H. The minimum atomic E-state index is -0.436. The summed E-state index contributed by atoms with van der Waals surface area (Å²) in [5.41, 5.74) is 1.80. The maximum Gasteiger partial charge on any atom is 0.354 e. The third-order valence-electron chi connectivity index (χ3n) is 2.47. The lowest BCUT2D eigenvalue weighted by Gasteiger charge is -1.99. The summed E-state index contributed by atoms with van der Waals surface area (Å²) in [5, 5.41) is 7.75. The fraction of sp³-hybridized carbons (Fsp3) is 0.250. The molecule has 21 heavy (non-hydrogen) atoms. The molecule has 0 radical (unpaired) electrons. The number of ether oxygens (including phenoxy) is 1. The van der Waals surface area contributed by atoms with Crippen molar-refractivity contribution >= 4 is 40.8 Å². The lowest BCUT2D eigenvalue weighted by molar-refractivity contribution is -0.115. The van der Waals surface area contributed by atoms with Crippen molar-refractivity contribution < 1.29 is 14.3 Å². The zero-order chi connectivity index (χ0) is 14.5. The number of aromatic nitrogens is 2. The number of amides is 1. The van der Waals surface area contributed by atoms with Gasteiger partial charge in [0.15, 0.2) is 5.13 Å². The van der Waals surface area contributed by atoms with Crippen molar-refractivity contribution in [2.75, 3.05) is 26.0 Å². The third kappa shape index (κ3) is 4.28. The molecule has 3 N–H and O–H groups in total. The van der Waals surface area contributed by atoms with Gasteiger partial charge in [-0.15, -0.1) is 23.7 Å². The molecule has 1 amide bonds. The van der Waals surface area contributed by atoms with E-state index in [1.165, 1.54) is 18.4 Å². The average molecular weight is 331 g/mol. The molecule has 0 aliphatic rings. The molecular formula is C12H15ClN4O3S. The molecule has 2 aromatic rings. The lowest BCUT2D eigenvalue weighted by Crippen LogP contribution is -2.24. The van der Waals surface area contributed by atoms with Gasteiger partial charge in [0, 0.05) is 17.1 Å². The summed E-state index contributed by atoms with van der Waals surface area (Å²) >= 11 is 1.32. The first-order valence-electron chi connectivity index (χ1n) is 5.81. The summed E-state index contributed by atoms with van der Waals surface area (Å²) in [6.45, 7) is 0.228. The molecule has 0 spiro atoms. The molecule has 2 rings (SSSR count). The number of carbonyl (C=O) groups excluding carboxylic acids is 2. The molecule has 0 saturated carbocycles. The number of H-pyrrole nitrogens is 1. The summed E-state index contributed by atoms with van der Waals surface area (Å²) in [5.74, 6) is -0.591. The number of hydrogen-bond donors (Lipinski definition) is 3. The average Bonchev–Trinajstić information content (AvgIpc) is 3.06. The summed E-state index contributed by atoms with van der Waals surface area (Å²) in [7, 11) is 3.02. The van der Waals surface area contributed by atoms with Crippen LogP contribution in [0.5, 0.6) is 0 Å². The van der Waals surface area contributed by atoms with Crippen LogP contribution in [0.2, 0.25) is 0 Å². The Morgan fingerprint density at radius 3 is 2.90 bits per heavy atom. The number of esters is 1. The highest BCUT2D eigenvalue weighted by Gasteiger charge is 2.12. The van der Waals surface area contributed by atoms with E-state index in [-0.39, 0.29) is 24.9 Å². The van der Waals surface area contributed by atoms with Crippen LogP contribution < -0.4 is 10.6 Å². The molecule has 0 aliphatic heterocycles. The second-order valence-electron chi connectivity index (χ2n) is 3.91. The highest BCUT2D eigenvalue weighted by Crippen LogP contribution is 2.25. The van der Waals surface area contributed by atoms with Crippen molar-refractivity contribution in [1.82, 2.24) is 15.3 Å². The Balaban J connectivity index is 0.00000220. The van der Waals surface area contributed by atoms with Gasteiger partial charge in [-0.3, -0.25) is 4.79 Å². The highest BCUT2D eigenvalue weighted by atomic mass is 35.5. The van der Waals surface area contributed by atoms with Gasteiger partial charge in [-0.25, -0.2) is 9.78 Å². The largest absolute Gasteiger partial charge is 0.464 e. The van der Waals surface area contributed by atoms with E-state index < -0.39 is 5.97 Å². The third-order valence-corrected chi connectivity index (χ3v) is 3.23. The van der Waals surface area contributed by atoms with Crippen molar-refractivity contribution in [1.29, 1.82) is 0 Å². The van der Waals surface area contributed by atoms with Crippen LogP contribution in [0.3, 0.4) is 0 Å². The molecule has 0 bridgehead atoms. The number of halogens is 1. The van der Waals surface area contributed by atoms with Crippen molar-refractivity contribution in [3.63, 3.8) is 0 Å². The van der Waals surface area contributed by atoms with Crippen LogP contribution in [-0.2, 0) is 9.53 Å². The molecule has 2 heterocycles. The van der Waals surface area contributed by atoms with E-state index in [0.29, 0.717) is 16.5 Å². The second-order valence-corrected chi connectivity index (χ2v) is 4.77. The monoisotopic (exact) mass is 330 g/mol. The van der Waals surface area contributed by atoms with Crippen LogP contribution in [0, 0.1) is 0 Å². The molecule has 0 atom stereocenters. The van der Waals surface area contributed by atoms with Crippen molar-refractivity contribution in [3.05, 3.63) is 23.3 Å². The second kappa shape index (κ2) is 7.77. The summed E-state index contributed by atoms with van der Waals surface area (Å²) in [6.07, 6.45) is 1.67. The van der Waals surface area contributed by atoms with E-state index in [1.54, 1.807) is 24.7 Å². The fourth-order valence-electron chi connectivity index (χ4n) is 1.56. The minimum Gasteiger partial charge on any atom is -0.464 e. The van der Waals surface area contributed by atoms with Crippen LogP contribution in [-0.4, -0.2) is 42.5 Å². The van der Waals surface area contributed by atoms with Gasteiger partial charge in [-0.1, -0.05) is 0 Å². The van der Waals surface area contributed by atoms with Crippen LogP contribution in [0.15, 0.2) is 17.6 Å². The predicted octanol–water partition coefficient (Wildman–Crippen LogP) is 1.50. The smallest absolute Gasteiger partial charge is 0.354 e. The number of carbonyl (C=O) groups is 2. The number of nitrogens with zero attached hydrogens (tertiary/aromatic N) is 1. The molecule has 9 heteroatoms.